The zero-order valence-corrected chi connectivity index (χ0v) is 18.5. The van der Waals surface area contributed by atoms with Gasteiger partial charge in [-0.15, -0.1) is 0 Å². The van der Waals surface area contributed by atoms with Crippen LogP contribution in [0.25, 0.3) is 12.7 Å². The molecule has 0 bridgehead atoms. The van der Waals surface area contributed by atoms with Crippen LogP contribution in [0.5, 0.6) is 0 Å². The van der Waals surface area contributed by atoms with Crippen LogP contribution in [0.1, 0.15) is 45.2 Å². The number of nitrogens with zero attached hydrogens (tertiary/aromatic N) is 1. The van der Waals surface area contributed by atoms with Crippen LogP contribution in [-0.4, -0.2) is 40.1 Å². The minimum atomic E-state index is -0.782. The zero-order chi connectivity index (χ0) is 23.4. The average Bonchev–Trinajstić information content (AvgIpc) is 3.12. The van der Waals surface area contributed by atoms with E-state index in [1.165, 1.54) is 0 Å². The van der Waals surface area contributed by atoms with Crippen molar-refractivity contribution < 1.29 is 9.53 Å². The van der Waals surface area contributed by atoms with Crippen molar-refractivity contribution in [2.24, 2.45) is 4.99 Å². The summed E-state index contributed by atoms with van der Waals surface area (Å²) in [7, 11) is 0. The maximum Gasteiger partial charge on any atom is 0.407 e. The monoisotopic (exact) mass is 439 g/mol. The van der Waals surface area contributed by atoms with Crippen molar-refractivity contribution in [3.8, 4) is 0 Å². The molecule has 0 spiro atoms. The highest BCUT2D eigenvalue weighted by Crippen LogP contribution is 2.37. The van der Waals surface area contributed by atoms with Crippen LogP contribution >= 0.6 is 0 Å². The molecule has 2 unspecified atom stereocenters. The Balaban J connectivity index is 1.89. The van der Waals surface area contributed by atoms with E-state index in [4.69, 9.17) is 4.74 Å². The summed E-state index contributed by atoms with van der Waals surface area (Å²) in [5.41, 5.74) is -1.31. The number of alkyl carbamates (subject to hydrolysis) is 1. The molecule has 2 aromatic rings. The quantitative estimate of drug-likeness (QED) is 0.492. The lowest BCUT2D eigenvalue weighted by molar-refractivity contribution is 0.0526. The lowest BCUT2D eigenvalue weighted by Crippen LogP contribution is -2.51. The number of carbonyl (C=O) groups is 1. The average molecular weight is 440 g/mol. The highest BCUT2D eigenvalue weighted by molar-refractivity contribution is 5.68. The molecule has 1 aromatic carbocycles. The van der Waals surface area contributed by atoms with Gasteiger partial charge in [0.15, 0.2) is 0 Å². The lowest BCUT2D eigenvalue weighted by Gasteiger charge is -2.32. The predicted molar refractivity (Wildman–Crippen MR) is 124 cm³/mol. The van der Waals surface area contributed by atoms with Gasteiger partial charge in [0.25, 0.3) is 11.1 Å². The molecule has 0 saturated heterocycles. The molecule has 0 saturated carbocycles. The van der Waals surface area contributed by atoms with E-state index in [1.54, 1.807) is 33.2 Å². The van der Waals surface area contributed by atoms with Crippen LogP contribution in [0.3, 0.4) is 0 Å². The summed E-state index contributed by atoms with van der Waals surface area (Å²) in [6, 6.07) is 9.35. The number of rotatable bonds is 6. The van der Waals surface area contributed by atoms with Crippen molar-refractivity contribution in [3.63, 3.8) is 0 Å². The number of carbonyl (C=O) groups excluding carboxylic acids is 1. The number of aliphatic imine (C=N–C) groups is 1. The van der Waals surface area contributed by atoms with E-state index in [-0.39, 0.29) is 16.7 Å². The Labute approximate surface area is 185 Å². The molecule has 2 heterocycles. The van der Waals surface area contributed by atoms with Crippen LogP contribution < -0.4 is 32.5 Å². The number of aromatic amines is 2. The van der Waals surface area contributed by atoms with Crippen LogP contribution in [0.2, 0.25) is 0 Å². The molecule has 32 heavy (non-hydrogen) atoms. The number of H-pyrrole nitrogens is 2. The Morgan fingerprint density at radius 2 is 1.94 bits per heavy atom. The Kier molecular flexibility index (Phi) is 6.67. The second-order valence-electron chi connectivity index (χ2n) is 8.75. The predicted octanol–water partition coefficient (Wildman–Crippen LogP) is 0.671. The molecule has 170 valence electrons. The molecule has 0 radical (unpaired) electrons. The minimum Gasteiger partial charge on any atom is -0.444 e. The lowest BCUT2D eigenvalue weighted by atomic mass is 9.82. The standard InChI is InChI=1S/C23H29N5O4/c1-15-19(29)28-17(20(30)27-15)13-23(11-8-12-24-21(31)32-22(2,3)4)18(25-14-26-23)16-9-6-5-7-10-16/h5-7,9-10,13-14,18H,1,8,11-12H2,2-4H3,(H,24,31)(H,25,26)(H,27,30)(H,28,29). The van der Waals surface area contributed by atoms with E-state index in [2.05, 4.69) is 32.2 Å². The number of hydrogen-bond acceptors (Lipinski definition) is 6. The number of hydrogen-bond donors (Lipinski definition) is 4. The van der Waals surface area contributed by atoms with Crippen molar-refractivity contribution in [3.05, 3.63) is 67.3 Å². The first kappa shape index (κ1) is 23.1. The van der Waals surface area contributed by atoms with Crippen molar-refractivity contribution in [2.75, 3.05) is 6.54 Å². The highest BCUT2D eigenvalue weighted by Gasteiger charge is 2.40. The van der Waals surface area contributed by atoms with Crippen LogP contribution in [0, 0.1) is 0 Å². The van der Waals surface area contributed by atoms with E-state index >= 15 is 0 Å². The molecular weight excluding hydrogens is 410 g/mol. The third-order valence-corrected chi connectivity index (χ3v) is 5.03. The molecule has 0 aliphatic carbocycles. The largest absolute Gasteiger partial charge is 0.444 e. The zero-order valence-electron chi connectivity index (χ0n) is 18.5. The first-order valence-corrected chi connectivity index (χ1v) is 10.5. The second kappa shape index (κ2) is 9.25. The molecule has 0 fully saturated rings. The van der Waals surface area contributed by atoms with E-state index < -0.39 is 28.4 Å². The number of ether oxygens (including phenoxy) is 1. The van der Waals surface area contributed by atoms with Gasteiger partial charge < -0.3 is 25.3 Å². The summed E-state index contributed by atoms with van der Waals surface area (Å²) in [4.78, 5) is 46.1. The van der Waals surface area contributed by atoms with Crippen LogP contribution in [0.15, 0.2) is 44.9 Å². The summed E-state index contributed by atoms with van der Waals surface area (Å²) in [5.74, 6) is 0. The van der Waals surface area contributed by atoms with Crippen molar-refractivity contribution in [1.29, 1.82) is 0 Å². The molecule has 9 heteroatoms. The van der Waals surface area contributed by atoms with Gasteiger partial charge in [-0.25, -0.2) is 4.79 Å². The second-order valence-corrected chi connectivity index (χ2v) is 8.75. The van der Waals surface area contributed by atoms with Gasteiger partial charge in [-0.05, 0) is 45.3 Å². The first-order chi connectivity index (χ1) is 15.1. The maximum atomic E-state index is 12.5. The third-order valence-electron chi connectivity index (χ3n) is 5.03. The van der Waals surface area contributed by atoms with Gasteiger partial charge in [0, 0.05) is 6.54 Å². The highest BCUT2D eigenvalue weighted by atomic mass is 16.6. The molecule has 1 aliphatic heterocycles. The van der Waals surface area contributed by atoms with Gasteiger partial charge in [-0.1, -0.05) is 36.9 Å². The molecule has 3 rings (SSSR count). The molecular formula is C23H29N5O4. The summed E-state index contributed by atoms with van der Waals surface area (Å²) in [6.45, 7) is 9.31. The van der Waals surface area contributed by atoms with Gasteiger partial charge in [0.1, 0.15) is 17.0 Å². The summed E-state index contributed by atoms with van der Waals surface area (Å²) < 4.78 is 5.27. The third kappa shape index (κ3) is 5.54. The fourth-order valence-electron chi connectivity index (χ4n) is 3.62. The first-order valence-electron chi connectivity index (χ1n) is 10.5. The molecule has 1 aromatic heterocycles. The smallest absolute Gasteiger partial charge is 0.407 e. The normalized spacial score (nSPS) is 20.7. The Bertz CT molecular complexity index is 1210. The maximum absolute atomic E-state index is 12.5. The van der Waals surface area contributed by atoms with Crippen LogP contribution in [-0.2, 0) is 4.74 Å². The number of aromatic nitrogens is 2. The summed E-state index contributed by atoms with van der Waals surface area (Å²) >= 11 is 0. The van der Waals surface area contributed by atoms with E-state index in [9.17, 15) is 14.4 Å². The summed E-state index contributed by atoms with van der Waals surface area (Å²) in [6.07, 6.45) is 3.92. The fourth-order valence-corrected chi connectivity index (χ4v) is 3.62. The molecule has 1 amide bonds. The van der Waals surface area contributed by atoms with E-state index in [1.807, 2.05) is 30.3 Å². The molecule has 2 atom stereocenters. The van der Waals surface area contributed by atoms with Gasteiger partial charge >= 0.3 is 6.09 Å². The number of amides is 1. The topological polar surface area (TPSA) is 128 Å². The van der Waals surface area contributed by atoms with Crippen molar-refractivity contribution in [1.82, 2.24) is 20.6 Å². The Morgan fingerprint density at radius 1 is 1.22 bits per heavy atom. The number of benzene rings is 1. The van der Waals surface area contributed by atoms with Gasteiger partial charge in [0.2, 0.25) is 0 Å². The van der Waals surface area contributed by atoms with E-state index in [0.717, 1.165) is 5.56 Å². The van der Waals surface area contributed by atoms with Gasteiger partial charge in [-0.3, -0.25) is 14.6 Å². The Hall–Kier alpha value is -3.62. The van der Waals surface area contributed by atoms with Crippen molar-refractivity contribution >= 4 is 25.1 Å². The van der Waals surface area contributed by atoms with Gasteiger partial charge in [-0.2, -0.15) is 0 Å². The number of nitrogens with one attached hydrogen (secondary N) is 4. The molecule has 4 N–H and O–H groups in total. The SMILES string of the molecule is C=c1[nH]c(=O)c(=CC2(CCCNC(=O)OC(C)(C)C)NC=NC2c2ccccc2)[nH]c1=O. The molecule has 9 nitrogen and oxygen atoms in total. The fraction of sp³-hybridized carbons (Fsp3) is 0.391. The van der Waals surface area contributed by atoms with Crippen molar-refractivity contribution in [2.45, 2.75) is 50.8 Å². The Morgan fingerprint density at radius 3 is 2.62 bits per heavy atom. The van der Waals surface area contributed by atoms with Gasteiger partial charge in [0.05, 0.1) is 17.2 Å². The molecule has 1 aliphatic rings. The minimum absolute atomic E-state index is 0.00185. The van der Waals surface area contributed by atoms with E-state index in [0.29, 0.717) is 19.4 Å². The summed E-state index contributed by atoms with van der Waals surface area (Å²) in [5, 5.41) is 6.15. The van der Waals surface area contributed by atoms with Crippen LogP contribution in [0.4, 0.5) is 4.79 Å².